The molecule has 0 spiro atoms. The molecule has 1 amide bonds. The summed E-state index contributed by atoms with van der Waals surface area (Å²) >= 11 is 7.45. The number of aromatic nitrogens is 1. The van der Waals surface area contributed by atoms with Crippen LogP contribution >= 0.6 is 22.9 Å². The number of carbonyl (C=O) groups is 1. The quantitative estimate of drug-likeness (QED) is 0.941. The molecule has 6 heteroatoms. The maximum Gasteiger partial charge on any atom is 0.255 e. The first-order chi connectivity index (χ1) is 8.58. The summed E-state index contributed by atoms with van der Waals surface area (Å²) in [7, 11) is 1.74. The van der Waals surface area contributed by atoms with Crippen LogP contribution < -0.4 is 5.73 Å². The number of nitrogens with zero attached hydrogens (tertiary/aromatic N) is 2. The van der Waals surface area contributed by atoms with Gasteiger partial charge in [0, 0.05) is 19.8 Å². The van der Waals surface area contributed by atoms with Crippen LogP contribution in [0.15, 0.2) is 29.1 Å². The van der Waals surface area contributed by atoms with Gasteiger partial charge in [0.25, 0.3) is 5.91 Å². The number of carbonyl (C=O) groups excluding carboxylic acids is 1. The number of halogens is 1. The number of nitrogens with two attached hydrogens (primary N) is 1. The fourth-order valence-corrected chi connectivity index (χ4v) is 2.34. The highest BCUT2D eigenvalue weighted by Gasteiger charge is 2.14. The molecule has 2 N–H and O–H groups in total. The average molecular weight is 282 g/mol. The predicted octanol–water partition coefficient (Wildman–Crippen LogP) is 2.65. The van der Waals surface area contributed by atoms with E-state index >= 15 is 0 Å². The lowest BCUT2D eigenvalue weighted by Crippen LogP contribution is -2.26. The summed E-state index contributed by atoms with van der Waals surface area (Å²) in [4.78, 5) is 17.6. The summed E-state index contributed by atoms with van der Waals surface area (Å²) in [6.07, 6.45) is 1.44. The van der Waals surface area contributed by atoms with E-state index in [1.54, 1.807) is 23.3 Å². The molecule has 2 rings (SSSR count). The minimum atomic E-state index is -0.129. The second-order valence-corrected chi connectivity index (χ2v) is 5.07. The lowest BCUT2D eigenvalue weighted by Gasteiger charge is -2.16. The molecular formula is C12H12ClN3OS. The molecule has 18 heavy (non-hydrogen) atoms. The van der Waals surface area contributed by atoms with Crippen LogP contribution in [-0.2, 0) is 6.54 Å². The molecular weight excluding hydrogens is 270 g/mol. The van der Waals surface area contributed by atoms with Gasteiger partial charge in [0.15, 0.2) is 0 Å². The summed E-state index contributed by atoms with van der Waals surface area (Å²) in [5.74, 6) is 0.101. The Morgan fingerprint density at radius 3 is 3.00 bits per heavy atom. The van der Waals surface area contributed by atoms with E-state index in [1.807, 2.05) is 16.8 Å². The minimum absolute atomic E-state index is 0.129. The Bertz CT molecular complexity index is 556. The van der Waals surface area contributed by atoms with Gasteiger partial charge >= 0.3 is 0 Å². The lowest BCUT2D eigenvalue weighted by molar-refractivity contribution is 0.0785. The molecule has 0 bridgehead atoms. The van der Waals surface area contributed by atoms with Crippen LogP contribution in [0, 0.1) is 0 Å². The van der Waals surface area contributed by atoms with Gasteiger partial charge in [-0.25, -0.2) is 4.98 Å². The standard InChI is InChI=1S/C12H12ClN3OS/c1-16(6-8-2-3-18-7-8)12(17)9-4-10(13)11(14)15-5-9/h2-5,7H,6H2,1H3,(H2,14,15). The van der Waals surface area contributed by atoms with Crippen molar-refractivity contribution in [1.82, 2.24) is 9.88 Å². The van der Waals surface area contributed by atoms with Crippen molar-refractivity contribution >= 4 is 34.7 Å². The summed E-state index contributed by atoms with van der Waals surface area (Å²) in [6, 6.07) is 3.53. The van der Waals surface area contributed by atoms with E-state index in [2.05, 4.69) is 4.98 Å². The number of nitrogen functional groups attached to an aromatic ring is 1. The SMILES string of the molecule is CN(Cc1ccsc1)C(=O)c1cnc(N)c(Cl)c1. The third-order valence-electron chi connectivity index (χ3n) is 2.46. The molecule has 0 atom stereocenters. The van der Waals surface area contributed by atoms with Crippen molar-refractivity contribution in [3.8, 4) is 0 Å². The molecule has 0 saturated heterocycles. The molecule has 4 nitrogen and oxygen atoms in total. The van der Waals surface area contributed by atoms with E-state index in [-0.39, 0.29) is 11.7 Å². The molecule has 0 aliphatic rings. The Morgan fingerprint density at radius 1 is 1.61 bits per heavy atom. The van der Waals surface area contributed by atoms with Gasteiger partial charge < -0.3 is 10.6 Å². The zero-order valence-corrected chi connectivity index (χ0v) is 11.3. The summed E-state index contributed by atoms with van der Waals surface area (Å²) in [5.41, 5.74) is 7.05. The number of amides is 1. The topological polar surface area (TPSA) is 59.2 Å². The predicted molar refractivity (Wildman–Crippen MR) is 73.8 cm³/mol. The first-order valence-corrected chi connectivity index (χ1v) is 6.57. The fraction of sp³-hybridized carbons (Fsp3) is 0.167. The van der Waals surface area contributed by atoms with E-state index in [0.717, 1.165) is 5.56 Å². The summed E-state index contributed by atoms with van der Waals surface area (Å²) in [6.45, 7) is 0.560. The number of anilines is 1. The second-order valence-electron chi connectivity index (χ2n) is 3.88. The molecule has 2 heterocycles. The Labute approximate surface area is 114 Å². The van der Waals surface area contributed by atoms with Crippen molar-refractivity contribution in [3.05, 3.63) is 45.2 Å². The van der Waals surface area contributed by atoms with Crippen LogP contribution in [0.5, 0.6) is 0 Å². The second kappa shape index (κ2) is 5.37. The third kappa shape index (κ3) is 2.80. The van der Waals surface area contributed by atoms with Gasteiger partial charge in [-0.15, -0.1) is 0 Å². The van der Waals surface area contributed by atoms with Gasteiger partial charge in [0.2, 0.25) is 0 Å². The molecule has 0 unspecified atom stereocenters. The van der Waals surface area contributed by atoms with Crippen LogP contribution in [0.4, 0.5) is 5.82 Å². The van der Waals surface area contributed by atoms with Crippen LogP contribution in [0.1, 0.15) is 15.9 Å². The molecule has 0 aromatic carbocycles. The van der Waals surface area contributed by atoms with Crippen LogP contribution in [0.25, 0.3) is 0 Å². The van der Waals surface area contributed by atoms with Gasteiger partial charge in [-0.1, -0.05) is 11.6 Å². The number of hydrogen-bond donors (Lipinski definition) is 1. The number of hydrogen-bond acceptors (Lipinski definition) is 4. The molecule has 0 saturated carbocycles. The van der Waals surface area contributed by atoms with Crippen LogP contribution in [-0.4, -0.2) is 22.8 Å². The highest BCUT2D eigenvalue weighted by molar-refractivity contribution is 7.07. The lowest BCUT2D eigenvalue weighted by atomic mass is 10.2. The zero-order chi connectivity index (χ0) is 13.1. The summed E-state index contributed by atoms with van der Waals surface area (Å²) < 4.78 is 0. The van der Waals surface area contributed by atoms with E-state index in [1.165, 1.54) is 12.3 Å². The van der Waals surface area contributed by atoms with E-state index in [4.69, 9.17) is 17.3 Å². The maximum atomic E-state index is 12.1. The molecule has 0 radical (unpaired) electrons. The van der Waals surface area contributed by atoms with Crippen molar-refractivity contribution in [2.24, 2.45) is 0 Å². The number of thiophene rings is 1. The molecule has 2 aromatic rings. The van der Waals surface area contributed by atoms with Crippen molar-refractivity contribution in [2.45, 2.75) is 6.54 Å². The average Bonchev–Trinajstić information content (AvgIpc) is 2.84. The van der Waals surface area contributed by atoms with E-state index < -0.39 is 0 Å². The molecule has 2 aromatic heterocycles. The third-order valence-corrected chi connectivity index (χ3v) is 3.50. The number of rotatable bonds is 3. The molecule has 0 aliphatic heterocycles. The van der Waals surface area contributed by atoms with E-state index in [0.29, 0.717) is 17.1 Å². The molecule has 0 fully saturated rings. The molecule has 0 aliphatic carbocycles. The Balaban J connectivity index is 2.12. The minimum Gasteiger partial charge on any atom is -0.382 e. The number of pyridine rings is 1. The van der Waals surface area contributed by atoms with Crippen LogP contribution in [0.2, 0.25) is 5.02 Å². The van der Waals surface area contributed by atoms with Crippen LogP contribution in [0.3, 0.4) is 0 Å². The zero-order valence-electron chi connectivity index (χ0n) is 9.76. The van der Waals surface area contributed by atoms with Crippen molar-refractivity contribution < 1.29 is 4.79 Å². The normalized spacial score (nSPS) is 10.3. The van der Waals surface area contributed by atoms with Gasteiger partial charge in [-0.3, -0.25) is 4.79 Å². The highest BCUT2D eigenvalue weighted by Crippen LogP contribution is 2.18. The highest BCUT2D eigenvalue weighted by atomic mass is 35.5. The maximum absolute atomic E-state index is 12.1. The Hall–Kier alpha value is -1.59. The van der Waals surface area contributed by atoms with Crippen molar-refractivity contribution in [3.63, 3.8) is 0 Å². The summed E-state index contributed by atoms with van der Waals surface area (Å²) in [5, 5.41) is 4.29. The van der Waals surface area contributed by atoms with E-state index in [9.17, 15) is 4.79 Å². The first kappa shape index (κ1) is 12.9. The van der Waals surface area contributed by atoms with Crippen molar-refractivity contribution in [1.29, 1.82) is 0 Å². The Kier molecular flexibility index (Phi) is 3.84. The van der Waals surface area contributed by atoms with Gasteiger partial charge in [0.1, 0.15) is 5.82 Å². The van der Waals surface area contributed by atoms with Gasteiger partial charge in [-0.05, 0) is 28.5 Å². The fourth-order valence-electron chi connectivity index (χ4n) is 1.51. The van der Waals surface area contributed by atoms with Crippen molar-refractivity contribution in [2.75, 3.05) is 12.8 Å². The first-order valence-electron chi connectivity index (χ1n) is 5.25. The Morgan fingerprint density at radius 2 is 2.39 bits per heavy atom. The van der Waals surface area contributed by atoms with Gasteiger partial charge in [0.05, 0.1) is 10.6 Å². The monoisotopic (exact) mass is 281 g/mol. The molecule has 94 valence electrons. The smallest absolute Gasteiger partial charge is 0.255 e. The largest absolute Gasteiger partial charge is 0.382 e. The van der Waals surface area contributed by atoms with Gasteiger partial charge in [-0.2, -0.15) is 11.3 Å².